The predicted molar refractivity (Wildman–Crippen MR) is 46.1 cm³/mol. The lowest BCUT2D eigenvalue weighted by atomic mass is 10.1. The number of nitrogens with one attached hydrogen (secondary N) is 1. The molecule has 1 rings (SSSR count). The number of aromatic nitrogens is 2. The third-order valence-electron chi connectivity index (χ3n) is 2.09. The highest BCUT2D eigenvalue weighted by atomic mass is 16.3. The molecule has 0 bridgehead atoms. The van der Waals surface area contributed by atoms with E-state index in [0.717, 1.165) is 0 Å². The van der Waals surface area contributed by atoms with Gasteiger partial charge in [-0.05, 0) is 13.3 Å². The first-order valence-electron chi connectivity index (χ1n) is 4.10. The van der Waals surface area contributed by atoms with E-state index in [1.54, 1.807) is 12.4 Å². The summed E-state index contributed by atoms with van der Waals surface area (Å²) in [4.78, 5) is 13.6. The first kappa shape index (κ1) is 9.06. The van der Waals surface area contributed by atoms with Gasteiger partial charge in [0.25, 0.3) is 0 Å². The van der Waals surface area contributed by atoms with Crippen LogP contribution in [0.4, 0.5) is 0 Å². The second-order valence-corrected chi connectivity index (χ2v) is 2.89. The van der Waals surface area contributed by atoms with E-state index in [9.17, 15) is 9.90 Å². The maximum Gasteiger partial charge on any atom is 0.325 e. The molecule has 4 heteroatoms. The minimum Gasteiger partial charge on any atom is -0.391 e. The number of H-pyrrole nitrogens is 1. The monoisotopic (exact) mass is 170 g/mol. The summed E-state index contributed by atoms with van der Waals surface area (Å²) in [7, 11) is 0. The van der Waals surface area contributed by atoms with Gasteiger partial charge in [-0.15, -0.1) is 0 Å². The molecule has 1 aromatic heterocycles. The van der Waals surface area contributed by atoms with Crippen LogP contribution >= 0.6 is 0 Å². The average Bonchev–Trinajstić information content (AvgIpc) is 2.48. The fraction of sp³-hybridized carbons (Fsp3) is 0.625. The van der Waals surface area contributed by atoms with Crippen molar-refractivity contribution >= 4 is 0 Å². The topological polar surface area (TPSA) is 58.0 Å². The molecule has 0 fully saturated rings. The highest BCUT2D eigenvalue weighted by molar-refractivity contribution is 4.82. The third kappa shape index (κ3) is 1.58. The smallest absolute Gasteiger partial charge is 0.325 e. The quantitative estimate of drug-likeness (QED) is 0.694. The number of aromatic amines is 1. The molecule has 68 valence electrons. The van der Waals surface area contributed by atoms with Crippen molar-refractivity contribution in [3.63, 3.8) is 0 Å². The second-order valence-electron chi connectivity index (χ2n) is 2.89. The Hall–Kier alpha value is -1.03. The van der Waals surface area contributed by atoms with Crippen LogP contribution in [0.2, 0.25) is 0 Å². The van der Waals surface area contributed by atoms with Gasteiger partial charge in [-0.25, -0.2) is 4.79 Å². The van der Waals surface area contributed by atoms with Crippen molar-refractivity contribution in [2.45, 2.75) is 32.4 Å². The summed E-state index contributed by atoms with van der Waals surface area (Å²) < 4.78 is 1.49. The van der Waals surface area contributed by atoms with Crippen LogP contribution in [0.25, 0.3) is 0 Å². The van der Waals surface area contributed by atoms with Crippen molar-refractivity contribution < 1.29 is 5.11 Å². The Morgan fingerprint density at radius 3 is 2.83 bits per heavy atom. The molecular formula is C8H14N2O2. The standard InChI is InChI=1S/C8H14N2O2/c1-3-7(11)6(2)10-5-4-9-8(10)12/h4-7,11H,3H2,1-2H3,(H,9,12). The van der Waals surface area contributed by atoms with Gasteiger partial charge in [0.05, 0.1) is 12.1 Å². The number of hydrogen-bond acceptors (Lipinski definition) is 2. The molecule has 0 aliphatic heterocycles. The number of imidazole rings is 1. The summed E-state index contributed by atoms with van der Waals surface area (Å²) in [5, 5.41) is 9.45. The van der Waals surface area contributed by atoms with E-state index in [1.807, 2.05) is 13.8 Å². The van der Waals surface area contributed by atoms with Crippen LogP contribution < -0.4 is 5.69 Å². The van der Waals surface area contributed by atoms with E-state index in [-0.39, 0.29) is 11.7 Å². The van der Waals surface area contributed by atoms with Crippen molar-refractivity contribution in [1.82, 2.24) is 9.55 Å². The van der Waals surface area contributed by atoms with Gasteiger partial charge in [0, 0.05) is 12.4 Å². The first-order valence-corrected chi connectivity index (χ1v) is 4.10. The molecular weight excluding hydrogens is 156 g/mol. The van der Waals surface area contributed by atoms with Crippen LogP contribution in [0.5, 0.6) is 0 Å². The Kier molecular flexibility index (Phi) is 2.70. The zero-order valence-electron chi connectivity index (χ0n) is 7.32. The predicted octanol–water partition coefficient (Wildman–Crippen LogP) is 0.508. The van der Waals surface area contributed by atoms with Crippen molar-refractivity contribution in [2.24, 2.45) is 0 Å². The zero-order valence-corrected chi connectivity index (χ0v) is 7.32. The van der Waals surface area contributed by atoms with Crippen molar-refractivity contribution in [3.8, 4) is 0 Å². The van der Waals surface area contributed by atoms with Gasteiger partial charge < -0.3 is 10.1 Å². The maximum atomic E-state index is 11.1. The molecule has 0 aromatic carbocycles. The number of nitrogens with zero attached hydrogens (tertiary/aromatic N) is 1. The van der Waals surface area contributed by atoms with E-state index in [2.05, 4.69) is 4.98 Å². The molecule has 0 saturated heterocycles. The lowest BCUT2D eigenvalue weighted by Gasteiger charge is -2.17. The van der Waals surface area contributed by atoms with Gasteiger partial charge in [0.2, 0.25) is 0 Å². The molecule has 0 radical (unpaired) electrons. The fourth-order valence-corrected chi connectivity index (χ4v) is 1.18. The van der Waals surface area contributed by atoms with Gasteiger partial charge in [-0.2, -0.15) is 0 Å². The number of hydrogen-bond donors (Lipinski definition) is 2. The highest BCUT2D eigenvalue weighted by Crippen LogP contribution is 2.10. The molecule has 0 aliphatic rings. The van der Waals surface area contributed by atoms with Gasteiger partial charge in [-0.3, -0.25) is 4.57 Å². The van der Waals surface area contributed by atoms with E-state index >= 15 is 0 Å². The summed E-state index contributed by atoms with van der Waals surface area (Å²) >= 11 is 0. The van der Waals surface area contributed by atoms with Gasteiger partial charge in [0.15, 0.2) is 0 Å². The fourth-order valence-electron chi connectivity index (χ4n) is 1.18. The molecule has 1 heterocycles. The van der Waals surface area contributed by atoms with Gasteiger partial charge in [-0.1, -0.05) is 6.92 Å². The second kappa shape index (κ2) is 3.58. The Morgan fingerprint density at radius 2 is 2.42 bits per heavy atom. The molecule has 0 saturated carbocycles. The molecule has 12 heavy (non-hydrogen) atoms. The van der Waals surface area contributed by atoms with Crippen LogP contribution in [-0.4, -0.2) is 20.8 Å². The normalized spacial score (nSPS) is 15.9. The minimum atomic E-state index is -0.460. The van der Waals surface area contributed by atoms with Crippen LogP contribution in [0.15, 0.2) is 17.2 Å². The Balaban J connectivity index is 2.84. The van der Waals surface area contributed by atoms with Crippen molar-refractivity contribution in [1.29, 1.82) is 0 Å². The van der Waals surface area contributed by atoms with E-state index in [1.165, 1.54) is 4.57 Å². The molecule has 2 atom stereocenters. The van der Waals surface area contributed by atoms with Crippen LogP contribution in [0.3, 0.4) is 0 Å². The Bertz CT molecular complexity index is 289. The molecule has 0 spiro atoms. The average molecular weight is 170 g/mol. The molecule has 0 aliphatic carbocycles. The van der Waals surface area contributed by atoms with Crippen LogP contribution in [-0.2, 0) is 0 Å². The van der Waals surface area contributed by atoms with Crippen molar-refractivity contribution in [2.75, 3.05) is 0 Å². The number of aliphatic hydroxyl groups excluding tert-OH is 1. The number of rotatable bonds is 3. The number of aliphatic hydroxyl groups is 1. The largest absolute Gasteiger partial charge is 0.391 e. The van der Waals surface area contributed by atoms with E-state index in [4.69, 9.17) is 0 Å². The SMILES string of the molecule is CCC(O)C(C)n1cc[nH]c1=O. The highest BCUT2D eigenvalue weighted by Gasteiger charge is 2.14. The van der Waals surface area contributed by atoms with E-state index in [0.29, 0.717) is 6.42 Å². The van der Waals surface area contributed by atoms with E-state index < -0.39 is 6.10 Å². The summed E-state index contributed by atoms with van der Waals surface area (Å²) in [5.41, 5.74) is -0.171. The maximum absolute atomic E-state index is 11.1. The Labute approximate surface area is 70.9 Å². The lowest BCUT2D eigenvalue weighted by Crippen LogP contribution is -2.28. The summed E-state index contributed by atoms with van der Waals surface area (Å²) in [6.07, 6.45) is 3.41. The first-order chi connectivity index (χ1) is 5.66. The van der Waals surface area contributed by atoms with Crippen LogP contribution in [0, 0.1) is 0 Å². The molecule has 0 amide bonds. The minimum absolute atomic E-state index is 0.159. The molecule has 2 unspecified atom stereocenters. The molecule has 1 aromatic rings. The zero-order chi connectivity index (χ0) is 9.14. The van der Waals surface area contributed by atoms with Crippen molar-refractivity contribution in [3.05, 3.63) is 22.9 Å². The molecule has 2 N–H and O–H groups in total. The summed E-state index contributed by atoms with van der Waals surface area (Å²) in [6.45, 7) is 3.71. The van der Waals surface area contributed by atoms with Crippen LogP contribution in [0.1, 0.15) is 26.3 Å². The molecule has 4 nitrogen and oxygen atoms in total. The lowest BCUT2D eigenvalue weighted by molar-refractivity contribution is 0.115. The Morgan fingerprint density at radius 1 is 1.75 bits per heavy atom. The van der Waals surface area contributed by atoms with Gasteiger partial charge >= 0.3 is 5.69 Å². The third-order valence-corrected chi connectivity index (χ3v) is 2.09. The summed E-state index contributed by atoms with van der Waals surface area (Å²) in [6, 6.07) is -0.159. The summed E-state index contributed by atoms with van der Waals surface area (Å²) in [5.74, 6) is 0. The van der Waals surface area contributed by atoms with Gasteiger partial charge in [0.1, 0.15) is 0 Å².